The van der Waals surface area contributed by atoms with Gasteiger partial charge in [-0.05, 0) is 45.7 Å². The van der Waals surface area contributed by atoms with Crippen LogP contribution in [0.5, 0.6) is 0 Å². The van der Waals surface area contributed by atoms with Gasteiger partial charge in [0.1, 0.15) is 5.82 Å². The zero-order valence-corrected chi connectivity index (χ0v) is 12.4. The van der Waals surface area contributed by atoms with Crippen molar-refractivity contribution in [1.29, 1.82) is 0 Å². The number of aromatic amines is 1. The van der Waals surface area contributed by atoms with Gasteiger partial charge in [-0.3, -0.25) is 5.10 Å². The van der Waals surface area contributed by atoms with Crippen molar-refractivity contribution in [3.05, 3.63) is 5.82 Å². The lowest BCUT2D eigenvalue weighted by Crippen LogP contribution is -2.37. The van der Waals surface area contributed by atoms with E-state index >= 15 is 0 Å². The molecule has 3 heterocycles. The molecule has 2 aliphatic rings. The summed E-state index contributed by atoms with van der Waals surface area (Å²) in [4.78, 5) is 6.98. The third kappa shape index (κ3) is 2.96. The van der Waals surface area contributed by atoms with Crippen LogP contribution >= 0.6 is 0 Å². The molecule has 2 unspecified atom stereocenters. The first-order valence-corrected chi connectivity index (χ1v) is 7.69. The van der Waals surface area contributed by atoms with E-state index in [-0.39, 0.29) is 0 Å². The van der Waals surface area contributed by atoms with E-state index in [2.05, 4.69) is 32.3 Å². The molecule has 2 saturated heterocycles. The zero-order chi connectivity index (χ0) is 13.9. The molecule has 0 amide bonds. The highest BCUT2D eigenvalue weighted by molar-refractivity contribution is 5.30. The summed E-state index contributed by atoms with van der Waals surface area (Å²) in [5.41, 5.74) is 0. The van der Waals surface area contributed by atoms with Crippen molar-refractivity contribution in [3.63, 3.8) is 0 Å². The highest BCUT2D eigenvalue weighted by atomic mass is 16.5. The Kier molecular flexibility index (Phi) is 4.21. The predicted molar refractivity (Wildman–Crippen MR) is 78.0 cm³/mol. The first-order valence-electron chi connectivity index (χ1n) is 7.69. The first kappa shape index (κ1) is 13.8. The SMILES string of the molecule is CNCC1CCN(c2n[nH]c(C3COC(C)C3)n2)CC1. The number of rotatable bonds is 4. The Hall–Kier alpha value is -1.14. The minimum Gasteiger partial charge on any atom is -0.378 e. The molecule has 0 aromatic carbocycles. The number of H-pyrrole nitrogens is 1. The van der Waals surface area contributed by atoms with Gasteiger partial charge < -0.3 is 15.0 Å². The molecule has 20 heavy (non-hydrogen) atoms. The van der Waals surface area contributed by atoms with Gasteiger partial charge in [-0.25, -0.2) is 0 Å². The van der Waals surface area contributed by atoms with Gasteiger partial charge in [-0.2, -0.15) is 4.98 Å². The van der Waals surface area contributed by atoms with E-state index in [1.54, 1.807) is 0 Å². The van der Waals surface area contributed by atoms with Gasteiger partial charge in [0, 0.05) is 19.0 Å². The Bertz CT molecular complexity index is 427. The lowest BCUT2D eigenvalue weighted by Gasteiger charge is -2.31. The van der Waals surface area contributed by atoms with Crippen LogP contribution in [-0.2, 0) is 4.74 Å². The first-order chi connectivity index (χ1) is 9.76. The highest BCUT2D eigenvalue weighted by Gasteiger charge is 2.28. The average Bonchev–Trinajstić information content (AvgIpc) is 3.09. The average molecular weight is 279 g/mol. The highest BCUT2D eigenvalue weighted by Crippen LogP contribution is 2.28. The molecule has 0 bridgehead atoms. The van der Waals surface area contributed by atoms with Crippen LogP contribution in [0.2, 0.25) is 0 Å². The van der Waals surface area contributed by atoms with Crippen LogP contribution in [0.3, 0.4) is 0 Å². The summed E-state index contributed by atoms with van der Waals surface area (Å²) in [5, 5.41) is 10.8. The van der Waals surface area contributed by atoms with Gasteiger partial charge in [0.15, 0.2) is 0 Å². The Morgan fingerprint density at radius 1 is 1.40 bits per heavy atom. The second-order valence-corrected chi connectivity index (χ2v) is 6.09. The van der Waals surface area contributed by atoms with E-state index in [1.165, 1.54) is 12.8 Å². The van der Waals surface area contributed by atoms with E-state index in [4.69, 9.17) is 4.74 Å². The van der Waals surface area contributed by atoms with Crippen molar-refractivity contribution in [3.8, 4) is 0 Å². The monoisotopic (exact) mass is 279 g/mol. The molecule has 2 aliphatic heterocycles. The number of nitrogens with one attached hydrogen (secondary N) is 2. The fourth-order valence-electron chi connectivity index (χ4n) is 3.22. The molecular weight excluding hydrogens is 254 g/mol. The van der Waals surface area contributed by atoms with Crippen LogP contribution in [-0.4, -0.2) is 54.6 Å². The van der Waals surface area contributed by atoms with Crippen LogP contribution in [0.15, 0.2) is 0 Å². The smallest absolute Gasteiger partial charge is 0.244 e. The molecule has 0 spiro atoms. The molecule has 3 rings (SSSR count). The maximum atomic E-state index is 5.61. The summed E-state index contributed by atoms with van der Waals surface area (Å²) in [5.74, 6) is 3.02. The lowest BCUT2D eigenvalue weighted by atomic mass is 9.97. The molecule has 2 N–H and O–H groups in total. The van der Waals surface area contributed by atoms with Gasteiger partial charge in [-0.1, -0.05) is 0 Å². The van der Waals surface area contributed by atoms with E-state index in [0.717, 1.165) is 50.4 Å². The quantitative estimate of drug-likeness (QED) is 0.865. The van der Waals surface area contributed by atoms with Gasteiger partial charge >= 0.3 is 0 Å². The number of hydrogen-bond acceptors (Lipinski definition) is 5. The molecule has 6 nitrogen and oxygen atoms in total. The zero-order valence-electron chi connectivity index (χ0n) is 12.4. The summed E-state index contributed by atoms with van der Waals surface area (Å²) in [6.45, 7) is 6.11. The lowest BCUT2D eigenvalue weighted by molar-refractivity contribution is 0.123. The maximum Gasteiger partial charge on any atom is 0.244 e. The molecule has 1 aromatic heterocycles. The molecule has 0 aliphatic carbocycles. The van der Waals surface area contributed by atoms with E-state index in [0.29, 0.717) is 12.0 Å². The normalized spacial score (nSPS) is 28.2. The summed E-state index contributed by atoms with van der Waals surface area (Å²) in [7, 11) is 2.03. The van der Waals surface area contributed by atoms with Crippen molar-refractivity contribution in [2.75, 3.05) is 38.2 Å². The molecular formula is C14H25N5O. The Morgan fingerprint density at radius 3 is 2.85 bits per heavy atom. The van der Waals surface area contributed by atoms with Gasteiger partial charge in [0.25, 0.3) is 0 Å². The minimum atomic E-state index is 0.339. The fourth-order valence-corrected chi connectivity index (χ4v) is 3.22. The summed E-state index contributed by atoms with van der Waals surface area (Å²) >= 11 is 0. The Balaban J connectivity index is 1.57. The predicted octanol–water partition coefficient (Wildman–Crippen LogP) is 1.13. The van der Waals surface area contributed by atoms with Gasteiger partial charge in [0.2, 0.25) is 5.95 Å². The Labute approximate surface area is 120 Å². The third-order valence-corrected chi connectivity index (χ3v) is 4.47. The Morgan fingerprint density at radius 2 is 2.20 bits per heavy atom. The summed E-state index contributed by atoms with van der Waals surface area (Å²) in [6, 6.07) is 0. The molecule has 0 saturated carbocycles. The van der Waals surface area contributed by atoms with Crippen molar-refractivity contribution in [1.82, 2.24) is 20.5 Å². The maximum absolute atomic E-state index is 5.61. The molecule has 2 atom stereocenters. The number of aromatic nitrogens is 3. The van der Waals surface area contributed by atoms with Crippen LogP contribution in [0.4, 0.5) is 5.95 Å². The van der Waals surface area contributed by atoms with Crippen LogP contribution in [0, 0.1) is 5.92 Å². The number of hydrogen-bond donors (Lipinski definition) is 2. The molecule has 6 heteroatoms. The van der Waals surface area contributed by atoms with E-state index < -0.39 is 0 Å². The van der Waals surface area contributed by atoms with Crippen molar-refractivity contribution in [2.24, 2.45) is 5.92 Å². The van der Waals surface area contributed by atoms with Crippen LogP contribution < -0.4 is 10.2 Å². The fraction of sp³-hybridized carbons (Fsp3) is 0.857. The standard InChI is InChI=1S/C14H25N5O/c1-10-7-12(9-20-10)13-16-14(18-17-13)19-5-3-11(4-6-19)8-15-2/h10-12,15H,3-9H2,1-2H3,(H,16,17,18). The number of ether oxygens (including phenoxy) is 1. The number of nitrogens with zero attached hydrogens (tertiary/aromatic N) is 3. The van der Waals surface area contributed by atoms with E-state index in [1.807, 2.05) is 7.05 Å². The van der Waals surface area contributed by atoms with Crippen molar-refractivity contribution >= 4 is 5.95 Å². The largest absolute Gasteiger partial charge is 0.378 e. The summed E-state index contributed by atoms with van der Waals surface area (Å²) < 4.78 is 5.61. The number of anilines is 1. The molecule has 2 fully saturated rings. The second-order valence-electron chi connectivity index (χ2n) is 6.09. The van der Waals surface area contributed by atoms with Gasteiger partial charge in [-0.15, -0.1) is 5.10 Å². The third-order valence-electron chi connectivity index (χ3n) is 4.47. The molecule has 0 radical (unpaired) electrons. The topological polar surface area (TPSA) is 66.1 Å². The number of piperidine rings is 1. The van der Waals surface area contributed by atoms with Crippen molar-refractivity contribution < 1.29 is 4.74 Å². The molecule has 1 aromatic rings. The minimum absolute atomic E-state index is 0.339. The van der Waals surface area contributed by atoms with Crippen LogP contribution in [0.25, 0.3) is 0 Å². The second kappa shape index (κ2) is 6.10. The molecule has 112 valence electrons. The van der Waals surface area contributed by atoms with Crippen molar-refractivity contribution in [2.45, 2.75) is 38.2 Å². The summed E-state index contributed by atoms with van der Waals surface area (Å²) in [6.07, 6.45) is 3.81. The van der Waals surface area contributed by atoms with Crippen LogP contribution in [0.1, 0.15) is 37.9 Å². The van der Waals surface area contributed by atoms with Gasteiger partial charge in [0.05, 0.1) is 12.7 Å². The van der Waals surface area contributed by atoms with E-state index in [9.17, 15) is 0 Å².